The van der Waals surface area contributed by atoms with E-state index in [2.05, 4.69) is 46.9 Å². The number of hydrogen-bond donors (Lipinski definition) is 1. The second kappa shape index (κ2) is 6.44. The minimum Gasteiger partial charge on any atom is -0.349 e. The first-order valence-electron chi connectivity index (χ1n) is 7.28. The highest BCUT2D eigenvalue weighted by Crippen LogP contribution is 2.21. The van der Waals surface area contributed by atoms with Gasteiger partial charge in [0.1, 0.15) is 5.82 Å². The molecule has 1 heterocycles. The average molecular weight is 357 g/mol. The number of hydrogen-bond acceptors (Lipinski definition) is 2. The first-order valence-corrected chi connectivity index (χ1v) is 8.07. The molecular formula is C16H22BrFN2O. The van der Waals surface area contributed by atoms with E-state index in [-0.39, 0.29) is 23.1 Å². The Morgan fingerprint density at radius 3 is 2.52 bits per heavy atom. The van der Waals surface area contributed by atoms with Gasteiger partial charge in [-0.25, -0.2) is 4.39 Å². The van der Waals surface area contributed by atoms with Crippen LogP contribution in [0, 0.1) is 5.82 Å². The summed E-state index contributed by atoms with van der Waals surface area (Å²) in [5, 5.41) is 2.95. The van der Waals surface area contributed by atoms with Crippen molar-refractivity contribution >= 4 is 21.8 Å². The fourth-order valence-corrected chi connectivity index (χ4v) is 2.99. The number of halogens is 2. The molecule has 0 atom stereocenters. The summed E-state index contributed by atoms with van der Waals surface area (Å²) in [5.41, 5.74) is 0.258. The van der Waals surface area contributed by atoms with E-state index >= 15 is 0 Å². The molecule has 5 heteroatoms. The van der Waals surface area contributed by atoms with Crippen LogP contribution >= 0.6 is 15.9 Å². The number of nitrogens with one attached hydrogen (secondary N) is 1. The van der Waals surface area contributed by atoms with Crippen LogP contribution < -0.4 is 5.32 Å². The van der Waals surface area contributed by atoms with E-state index < -0.39 is 5.82 Å². The quantitative estimate of drug-likeness (QED) is 0.878. The predicted molar refractivity (Wildman–Crippen MR) is 85.9 cm³/mol. The Labute approximate surface area is 134 Å². The van der Waals surface area contributed by atoms with Gasteiger partial charge in [-0.2, -0.15) is 0 Å². The van der Waals surface area contributed by atoms with Crippen LogP contribution in [0.1, 0.15) is 44.0 Å². The highest BCUT2D eigenvalue weighted by atomic mass is 79.9. The molecule has 1 saturated heterocycles. The summed E-state index contributed by atoms with van der Waals surface area (Å²) in [4.78, 5) is 14.6. The average Bonchev–Trinajstić information content (AvgIpc) is 2.41. The number of amides is 1. The zero-order valence-electron chi connectivity index (χ0n) is 12.7. The SMILES string of the molecule is CC(C)(C)N1CCC(NC(=O)c2cc(Br)ccc2F)CC1. The molecule has 0 bridgehead atoms. The smallest absolute Gasteiger partial charge is 0.254 e. The molecule has 0 radical (unpaired) electrons. The molecule has 3 nitrogen and oxygen atoms in total. The summed E-state index contributed by atoms with van der Waals surface area (Å²) in [6.45, 7) is 8.50. The molecule has 0 saturated carbocycles. The second-order valence-electron chi connectivity index (χ2n) is 6.53. The van der Waals surface area contributed by atoms with Crippen molar-refractivity contribution in [3.05, 3.63) is 34.1 Å². The third-order valence-corrected chi connectivity index (χ3v) is 4.45. The molecule has 1 aliphatic heterocycles. The van der Waals surface area contributed by atoms with E-state index in [1.807, 2.05) is 0 Å². The van der Waals surface area contributed by atoms with Crippen molar-refractivity contribution in [3.8, 4) is 0 Å². The molecule has 1 aromatic rings. The van der Waals surface area contributed by atoms with Crippen molar-refractivity contribution in [1.29, 1.82) is 0 Å². The highest BCUT2D eigenvalue weighted by molar-refractivity contribution is 9.10. The Kier molecular flexibility index (Phi) is 5.04. The molecule has 0 aliphatic carbocycles. The number of carbonyl (C=O) groups excluding carboxylic acids is 1. The number of piperidine rings is 1. The molecule has 21 heavy (non-hydrogen) atoms. The van der Waals surface area contributed by atoms with Crippen molar-refractivity contribution in [2.75, 3.05) is 13.1 Å². The van der Waals surface area contributed by atoms with Crippen LogP contribution in [0.4, 0.5) is 4.39 Å². The maximum Gasteiger partial charge on any atom is 0.254 e. The van der Waals surface area contributed by atoms with E-state index in [4.69, 9.17) is 0 Å². The van der Waals surface area contributed by atoms with E-state index in [1.54, 1.807) is 6.07 Å². The van der Waals surface area contributed by atoms with Gasteiger partial charge in [-0.15, -0.1) is 0 Å². The van der Waals surface area contributed by atoms with Crippen molar-refractivity contribution in [2.24, 2.45) is 0 Å². The third kappa shape index (κ3) is 4.27. The molecule has 1 fully saturated rings. The van der Waals surface area contributed by atoms with Crippen molar-refractivity contribution in [1.82, 2.24) is 10.2 Å². The standard InChI is InChI=1S/C16H22BrFN2O/c1-16(2,3)20-8-6-12(7-9-20)19-15(21)13-10-11(17)4-5-14(13)18/h4-5,10,12H,6-9H2,1-3H3,(H,19,21). The Hall–Kier alpha value is -0.940. The summed E-state index contributed by atoms with van der Waals surface area (Å²) in [6.07, 6.45) is 1.80. The summed E-state index contributed by atoms with van der Waals surface area (Å²) >= 11 is 3.27. The number of rotatable bonds is 2. The Bertz CT molecular complexity index is 519. The van der Waals surface area contributed by atoms with Crippen molar-refractivity contribution < 1.29 is 9.18 Å². The summed E-state index contributed by atoms with van der Waals surface area (Å²) < 4.78 is 14.4. The Morgan fingerprint density at radius 2 is 1.95 bits per heavy atom. The maximum atomic E-state index is 13.7. The van der Waals surface area contributed by atoms with Crippen LogP contribution in [0.2, 0.25) is 0 Å². The van der Waals surface area contributed by atoms with Gasteiger partial charge in [-0.1, -0.05) is 15.9 Å². The summed E-state index contributed by atoms with van der Waals surface area (Å²) in [7, 11) is 0. The molecule has 2 rings (SSSR count). The molecule has 0 spiro atoms. The summed E-state index contributed by atoms with van der Waals surface area (Å²) in [6, 6.07) is 4.54. The molecule has 0 unspecified atom stereocenters. The van der Waals surface area contributed by atoms with Crippen LogP contribution in [0.5, 0.6) is 0 Å². The van der Waals surface area contributed by atoms with Gasteiger partial charge >= 0.3 is 0 Å². The van der Waals surface area contributed by atoms with Crippen molar-refractivity contribution in [3.63, 3.8) is 0 Å². The van der Waals surface area contributed by atoms with Crippen LogP contribution in [-0.4, -0.2) is 35.5 Å². The van der Waals surface area contributed by atoms with Crippen LogP contribution in [0.3, 0.4) is 0 Å². The normalized spacial score (nSPS) is 17.8. The zero-order valence-corrected chi connectivity index (χ0v) is 14.3. The van der Waals surface area contributed by atoms with E-state index in [9.17, 15) is 9.18 Å². The van der Waals surface area contributed by atoms with Gasteiger partial charge in [0.15, 0.2) is 0 Å². The topological polar surface area (TPSA) is 32.3 Å². The number of benzene rings is 1. The van der Waals surface area contributed by atoms with Gasteiger partial charge in [0.05, 0.1) is 5.56 Å². The predicted octanol–water partition coefficient (Wildman–Crippen LogP) is 3.58. The lowest BCUT2D eigenvalue weighted by atomic mass is 9.98. The largest absolute Gasteiger partial charge is 0.349 e. The Morgan fingerprint density at radius 1 is 1.33 bits per heavy atom. The number of nitrogens with zero attached hydrogens (tertiary/aromatic N) is 1. The Balaban J connectivity index is 1.94. The van der Waals surface area contributed by atoms with E-state index in [0.29, 0.717) is 4.47 Å². The molecule has 0 aromatic heterocycles. The molecule has 116 valence electrons. The minimum atomic E-state index is -0.483. The molecule has 1 aliphatic rings. The third-order valence-electron chi connectivity index (χ3n) is 3.95. The maximum absolute atomic E-state index is 13.7. The molecule has 1 N–H and O–H groups in total. The lowest BCUT2D eigenvalue weighted by molar-refractivity contribution is 0.0810. The van der Waals surface area contributed by atoms with Gasteiger partial charge in [0.2, 0.25) is 0 Å². The van der Waals surface area contributed by atoms with Crippen LogP contribution in [-0.2, 0) is 0 Å². The highest BCUT2D eigenvalue weighted by Gasteiger charge is 2.28. The molecule has 1 amide bonds. The first-order chi connectivity index (χ1) is 9.77. The van der Waals surface area contributed by atoms with Gasteiger partial charge in [-0.05, 0) is 51.8 Å². The zero-order chi connectivity index (χ0) is 15.6. The van der Waals surface area contributed by atoms with Crippen molar-refractivity contribution in [2.45, 2.75) is 45.2 Å². The fourth-order valence-electron chi connectivity index (χ4n) is 2.63. The first kappa shape index (κ1) is 16.4. The van der Waals surface area contributed by atoms with Crippen LogP contribution in [0.15, 0.2) is 22.7 Å². The fraction of sp³-hybridized carbons (Fsp3) is 0.562. The van der Waals surface area contributed by atoms with Gasteiger partial charge < -0.3 is 5.32 Å². The number of likely N-dealkylation sites (tertiary alicyclic amines) is 1. The van der Waals surface area contributed by atoms with E-state index in [1.165, 1.54) is 12.1 Å². The van der Waals surface area contributed by atoms with E-state index in [0.717, 1.165) is 25.9 Å². The van der Waals surface area contributed by atoms with Gasteiger partial charge in [0.25, 0.3) is 5.91 Å². The number of carbonyl (C=O) groups is 1. The lowest BCUT2D eigenvalue weighted by Gasteiger charge is -2.41. The summed E-state index contributed by atoms with van der Waals surface area (Å²) in [5.74, 6) is -0.814. The van der Waals surface area contributed by atoms with Gasteiger partial charge in [-0.3, -0.25) is 9.69 Å². The monoisotopic (exact) mass is 356 g/mol. The molecule has 1 aromatic carbocycles. The molecular weight excluding hydrogens is 335 g/mol. The van der Waals surface area contributed by atoms with Crippen LogP contribution in [0.25, 0.3) is 0 Å². The second-order valence-corrected chi connectivity index (χ2v) is 7.45. The minimum absolute atomic E-state index is 0.0997. The lowest BCUT2D eigenvalue weighted by Crippen LogP contribution is -2.50. The van der Waals surface area contributed by atoms with Gasteiger partial charge in [0, 0.05) is 29.1 Å².